The van der Waals surface area contributed by atoms with E-state index in [1.54, 1.807) is 0 Å². The van der Waals surface area contributed by atoms with Crippen molar-refractivity contribution < 1.29 is 18.0 Å². The Hall–Kier alpha value is -2.56. The molecule has 2 aromatic carbocycles. The second kappa shape index (κ2) is 10.7. The van der Waals surface area contributed by atoms with Crippen molar-refractivity contribution in [3.8, 4) is 0 Å². The highest BCUT2D eigenvalue weighted by Crippen LogP contribution is 2.20. The molecule has 0 spiro atoms. The summed E-state index contributed by atoms with van der Waals surface area (Å²) in [7, 11) is -3.55. The van der Waals surface area contributed by atoms with E-state index in [-0.39, 0.29) is 17.0 Å². The Kier molecular flexibility index (Phi) is 7.94. The molecule has 0 unspecified atom stereocenters. The van der Waals surface area contributed by atoms with Gasteiger partial charge in [-0.15, -0.1) is 0 Å². The van der Waals surface area contributed by atoms with Crippen LogP contribution in [0, 0.1) is 0 Å². The molecule has 2 aromatic rings. The molecule has 1 aliphatic rings. The fourth-order valence-corrected chi connectivity index (χ4v) is 4.84. The lowest BCUT2D eigenvalue weighted by molar-refractivity contribution is -0.120. The molecule has 1 heterocycles. The fourth-order valence-electron chi connectivity index (χ4n) is 3.06. The summed E-state index contributed by atoms with van der Waals surface area (Å²) in [5, 5.41) is 6.33. The van der Waals surface area contributed by atoms with Gasteiger partial charge in [0.15, 0.2) is 0 Å². The normalized spacial score (nSPS) is 15.0. The van der Waals surface area contributed by atoms with Gasteiger partial charge in [0.25, 0.3) is 11.8 Å². The van der Waals surface area contributed by atoms with Gasteiger partial charge < -0.3 is 5.32 Å². The van der Waals surface area contributed by atoms with Crippen LogP contribution in [0.4, 0.5) is 0 Å². The van der Waals surface area contributed by atoms with Crippen LogP contribution < -0.4 is 10.7 Å². The molecule has 1 fully saturated rings. The molecule has 0 aliphatic carbocycles. The number of sulfonamides is 1. The number of hydrazone groups is 1. The minimum atomic E-state index is -3.55. The van der Waals surface area contributed by atoms with Gasteiger partial charge in [-0.25, -0.2) is 13.8 Å². The highest BCUT2D eigenvalue weighted by atomic mass is 79.9. The average molecular weight is 507 g/mol. The Morgan fingerprint density at radius 2 is 1.65 bits per heavy atom. The Balaban J connectivity index is 1.50. The number of carbonyl (C=O) groups excluding carboxylic acids is 2. The van der Waals surface area contributed by atoms with Crippen molar-refractivity contribution in [2.24, 2.45) is 5.10 Å². The third-order valence-corrected chi connectivity index (χ3v) is 7.19. The van der Waals surface area contributed by atoms with Gasteiger partial charge in [0.2, 0.25) is 10.0 Å². The molecule has 2 amide bonds. The zero-order chi connectivity index (χ0) is 22.3. The van der Waals surface area contributed by atoms with E-state index in [2.05, 4.69) is 31.8 Å². The van der Waals surface area contributed by atoms with Crippen LogP contribution in [0.3, 0.4) is 0 Å². The molecule has 0 aromatic heterocycles. The van der Waals surface area contributed by atoms with E-state index < -0.39 is 21.8 Å². The molecule has 0 atom stereocenters. The lowest BCUT2D eigenvalue weighted by Gasteiger charge is -2.25. The largest absolute Gasteiger partial charge is 0.343 e. The monoisotopic (exact) mass is 506 g/mol. The molecule has 31 heavy (non-hydrogen) atoms. The summed E-state index contributed by atoms with van der Waals surface area (Å²) in [6.07, 6.45) is 4.24. The van der Waals surface area contributed by atoms with Crippen LogP contribution in [0.1, 0.15) is 35.2 Å². The zero-order valence-corrected chi connectivity index (χ0v) is 19.2. The molecule has 0 radical (unpaired) electrons. The van der Waals surface area contributed by atoms with Gasteiger partial charge in [-0.2, -0.15) is 9.41 Å². The molecule has 164 valence electrons. The van der Waals surface area contributed by atoms with Crippen molar-refractivity contribution in [3.63, 3.8) is 0 Å². The second-order valence-corrected chi connectivity index (χ2v) is 9.87. The molecule has 1 aliphatic heterocycles. The van der Waals surface area contributed by atoms with Crippen molar-refractivity contribution in [1.29, 1.82) is 0 Å². The van der Waals surface area contributed by atoms with Crippen LogP contribution in [0.15, 0.2) is 63.0 Å². The first-order valence-electron chi connectivity index (χ1n) is 9.82. The molecular formula is C21H23BrN4O4S. The average Bonchev–Trinajstić information content (AvgIpc) is 2.79. The van der Waals surface area contributed by atoms with Gasteiger partial charge in [-0.3, -0.25) is 9.59 Å². The van der Waals surface area contributed by atoms with Gasteiger partial charge in [0.1, 0.15) is 0 Å². The van der Waals surface area contributed by atoms with E-state index in [4.69, 9.17) is 0 Å². The minimum Gasteiger partial charge on any atom is -0.343 e. The number of hydrogen-bond acceptors (Lipinski definition) is 5. The van der Waals surface area contributed by atoms with Gasteiger partial charge in [-0.05, 0) is 54.8 Å². The molecule has 0 saturated carbocycles. The molecule has 2 N–H and O–H groups in total. The van der Waals surface area contributed by atoms with Crippen LogP contribution in [-0.2, 0) is 14.8 Å². The van der Waals surface area contributed by atoms with Crippen molar-refractivity contribution in [2.75, 3.05) is 19.6 Å². The number of amides is 2. The first-order chi connectivity index (χ1) is 14.9. The maximum atomic E-state index is 12.7. The molecule has 8 nitrogen and oxygen atoms in total. The van der Waals surface area contributed by atoms with E-state index in [0.29, 0.717) is 13.1 Å². The molecule has 10 heteroatoms. The Bertz CT molecular complexity index is 1050. The van der Waals surface area contributed by atoms with E-state index in [1.165, 1.54) is 34.8 Å². The Morgan fingerprint density at radius 1 is 1.00 bits per heavy atom. The first-order valence-corrected chi connectivity index (χ1v) is 12.1. The lowest BCUT2D eigenvalue weighted by atomic mass is 10.2. The number of carbonyl (C=O) groups is 2. The number of halogens is 1. The lowest BCUT2D eigenvalue weighted by Crippen LogP contribution is -2.36. The summed E-state index contributed by atoms with van der Waals surface area (Å²) in [5.74, 6) is -0.958. The maximum Gasteiger partial charge on any atom is 0.259 e. The van der Waals surface area contributed by atoms with Crippen molar-refractivity contribution in [1.82, 2.24) is 15.0 Å². The number of nitrogens with zero attached hydrogens (tertiary/aromatic N) is 2. The quantitative estimate of drug-likeness (QED) is 0.444. The van der Waals surface area contributed by atoms with Gasteiger partial charge in [0, 0.05) is 23.1 Å². The van der Waals surface area contributed by atoms with E-state index >= 15 is 0 Å². The number of piperidine rings is 1. The first kappa shape index (κ1) is 23.1. The summed E-state index contributed by atoms with van der Waals surface area (Å²) < 4.78 is 27.7. The second-order valence-electron chi connectivity index (χ2n) is 7.02. The van der Waals surface area contributed by atoms with Gasteiger partial charge in [0.05, 0.1) is 17.7 Å². The van der Waals surface area contributed by atoms with Crippen molar-refractivity contribution in [3.05, 3.63) is 64.1 Å². The number of hydrogen-bond donors (Lipinski definition) is 2. The fraction of sp³-hybridized carbons (Fsp3) is 0.286. The van der Waals surface area contributed by atoms with Crippen LogP contribution in [-0.4, -0.2) is 50.4 Å². The summed E-state index contributed by atoms with van der Waals surface area (Å²) in [5.41, 5.74) is 3.42. The van der Waals surface area contributed by atoms with Crippen molar-refractivity contribution in [2.45, 2.75) is 24.2 Å². The van der Waals surface area contributed by atoms with E-state index in [9.17, 15) is 18.0 Å². The summed E-state index contributed by atoms with van der Waals surface area (Å²) in [4.78, 5) is 24.3. The van der Waals surface area contributed by atoms with Gasteiger partial charge in [-0.1, -0.05) is 34.5 Å². The third-order valence-electron chi connectivity index (χ3n) is 4.75. The minimum absolute atomic E-state index is 0.158. The van der Waals surface area contributed by atoms with Crippen molar-refractivity contribution >= 4 is 44.0 Å². The summed E-state index contributed by atoms with van der Waals surface area (Å²) >= 11 is 3.34. The molecular weight excluding hydrogens is 484 g/mol. The van der Waals surface area contributed by atoms with Crippen LogP contribution in [0.2, 0.25) is 0 Å². The smallest absolute Gasteiger partial charge is 0.259 e. The Morgan fingerprint density at radius 3 is 2.29 bits per heavy atom. The number of benzene rings is 2. The summed E-state index contributed by atoms with van der Waals surface area (Å²) in [6, 6.07) is 13.1. The third kappa shape index (κ3) is 6.46. The molecule has 3 rings (SSSR count). The van der Waals surface area contributed by atoms with E-state index in [0.717, 1.165) is 29.3 Å². The zero-order valence-electron chi connectivity index (χ0n) is 16.8. The SMILES string of the molecule is O=C(CNC(=O)c1ccc(S(=O)(=O)N2CCCCC2)cc1)N/N=C\c1ccc(Br)cc1. The number of nitrogens with one attached hydrogen (secondary N) is 2. The molecule has 1 saturated heterocycles. The standard InChI is InChI=1S/C21H23BrN4O4S/c22-18-8-4-16(5-9-18)14-24-25-20(27)15-23-21(28)17-6-10-19(11-7-17)31(29,30)26-12-2-1-3-13-26/h4-11,14H,1-3,12-13,15H2,(H,23,28)(H,25,27)/b24-14-. The predicted octanol–water partition coefficient (Wildman–Crippen LogP) is 2.50. The summed E-state index contributed by atoms with van der Waals surface area (Å²) in [6.45, 7) is 0.776. The maximum absolute atomic E-state index is 12.7. The van der Waals surface area contributed by atoms with Crippen LogP contribution in [0.25, 0.3) is 0 Å². The highest BCUT2D eigenvalue weighted by Gasteiger charge is 2.25. The van der Waals surface area contributed by atoms with Crippen LogP contribution in [0.5, 0.6) is 0 Å². The number of rotatable bonds is 7. The van der Waals surface area contributed by atoms with E-state index in [1.807, 2.05) is 24.3 Å². The van der Waals surface area contributed by atoms with Gasteiger partial charge >= 0.3 is 0 Å². The topological polar surface area (TPSA) is 108 Å². The van der Waals surface area contributed by atoms with Crippen LogP contribution >= 0.6 is 15.9 Å². The predicted molar refractivity (Wildman–Crippen MR) is 121 cm³/mol. The Labute approximate surface area is 189 Å². The molecule has 0 bridgehead atoms. The highest BCUT2D eigenvalue weighted by molar-refractivity contribution is 9.10.